The van der Waals surface area contributed by atoms with Gasteiger partial charge in [-0.2, -0.15) is 0 Å². The van der Waals surface area contributed by atoms with Crippen LogP contribution >= 0.6 is 0 Å². The van der Waals surface area contributed by atoms with Crippen molar-refractivity contribution in [2.45, 2.75) is 52.4 Å². The van der Waals surface area contributed by atoms with Crippen molar-refractivity contribution in [2.24, 2.45) is 17.8 Å². The Morgan fingerprint density at radius 3 is 2.15 bits per heavy atom. The Hall–Kier alpha value is -1.89. The molecule has 0 unspecified atom stereocenters. The van der Waals surface area contributed by atoms with Gasteiger partial charge in [-0.15, -0.1) is 0 Å². The van der Waals surface area contributed by atoms with Gasteiger partial charge in [0.2, 0.25) is 5.91 Å². The second-order valence-corrected chi connectivity index (χ2v) is 9.57. The van der Waals surface area contributed by atoms with E-state index in [2.05, 4.69) is 9.62 Å². The summed E-state index contributed by atoms with van der Waals surface area (Å²) in [5.41, 5.74) is 1.81. The molecule has 0 aromatic heterocycles. The molecule has 0 spiro atoms. The number of rotatable bonds is 6. The Kier molecular flexibility index (Phi) is 6.68. The zero-order valence-electron chi connectivity index (χ0n) is 16.8. The number of nitrogens with one attached hydrogen (secondary N) is 1. The molecule has 0 bridgehead atoms. The highest BCUT2D eigenvalue weighted by Crippen LogP contribution is 2.29. The summed E-state index contributed by atoms with van der Waals surface area (Å²) in [7, 11) is -3.87. The average molecular weight is 395 g/mol. The zero-order valence-corrected chi connectivity index (χ0v) is 17.6. The van der Waals surface area contributed by atoms with Gasteiger partial charge in [0, 0.05) is 36.5 Å². The molecule has 6 nitrogen and oxygen atoms in total. The van der Waals surface area contributed by atoms with Crippen LogP contribution in [0.5, 0.6) is 0 Å². The topological polar surface area (TPSA) is 83.6 Å². The quantitative estimate of drug-likeness (QED) is 0.802. The lowest BCUT2D eigenvalue weighted by atomic mass is 9.87. The second kappa shape index (κ2) is 8.42. The average Bonchev–Trinajstić information content (AvgIpc) is 2.60. The summed E-state index contributed by atoms with van der Waals surface area (Å²) in [5, 5.41) is 0. The molecule has 2 rings (SSSR count). The van der Waals surface area contributed by atoms with Gasteiger partial charge in [-0.1, -0.05) is 27.7 Å². The fourth-order valence-electron chi connectivity index (χ4n) is 3.34. The zero-order chi connectivity index (χ0) is 20.4. The first-order chi connectivity index (χ1) is 12.5. The minimum Gasteiger partial charge on any atom is -0.371 e. The van der Waals surface area contributed by atoms with E-state index in [-0.39, 0.29) is 16.7 Å². The van der Waals surface area contributed by atoms with Gasteiger partial charge in [-0.25, -0.2) is 13.1 Å². The van der Waals surface area contributed by atoms with Gasteiger partial charge in [-0.05, 0) is 43.5 Å². The number of benzene rings is 1. The molecule has 1 amide bonds. The number of amides is 1. The number of hydrogen-bond acceptors (Lipinski definition) is 5. The molecular formula is C20H30N2O4S. The van der Waals surface area contributed by atoms with E-state index in [0.717, 1.165) is 37.2 Å². The van der Waals surface area contributed by atoms with Crippen LogP contribution in [0.2, 0.25) is 0 Å². The van der Waals surface area contributed by atoms with Crippen LogP contribution in [0.25, 0.3) is 0 Å². The number of Topliss-reactive ketones (excluding diaryl/α,β-unsaturated/α-hetero) is 1. The van der Waals surface area contributed by atoms with Gasteiger partial charge in [-0.3, -0.25) is 9.59 Å². The third kappa shape index (κ3) is 5.09. The summed E-state index contributed by atoms with van der Waals surface area (Å²) >= 11 is 0. The van der Waals surface area contributed by atoms with Crippen LogP contribution in [0.1, 0.15) is 46.1 Å². The van der Waals surface area contributed by atoms with E-state index < -0.39 is 21.8 Å². The molecule has 0 radical (unpaired) electrons. The van der Waals surface area contributed by atoms with Crippen LogP contribution in [0, 0.1) is 24.7 Å². The maximum Gasteiger partial charge on any atom is 0.264 e. The van der Waals surface area contributed by atoms with Crippen LogP contribution in [-0.4, -0.2) is 33.2 Å². The Morgan fingerprint density at radius 2 is 1.67 bits per heavy atom. The summed E-state index contributed by atoms with van der Waals surface area (Å²) in [6, 6.07) is 4.91. The number of hydrogen-bond donors (Lipinski definition) is 1. The Labute approximate surface area is 162 Å². The number of ketones is 1. The summed E-state index contributed by atoms with van der Waals surface area (Å²) < 4.78 is 26.9. The van der Waals surface area contributed by atoms with Gasteiger partial charge in [0.25, 0.3) is 10.0 Å². The lowest BCUT2D eigenvalue weighted by Crippen LogP contribution is -2.38. The van der Waals surface area contributed by atoms with Crippen molar-refractivity contribution in [3.63, 3.8) is 0 Å². The van der Waals surface area contributed by atoms with E-state index in [1.165, 1.54) is 6.07 Å². The van der Waals surface area contributed by atoms with Gasteiger partial charge in [0.15, 0.2) is 0 Å². The molecule has 1 N–H and O–H groups in total. The van der Waals surface area contributed by atoms with Crippen LogP contribution in [0.15, 0.2) is 23.1 Å². The predicted octanol–water partition coefficient (Wildman–Crippen LogP) is 2.90. The minimum atomic E-state index is -3.87. The van der Waals surface area contributed by atoms with Crippen LogP contribution in [0.3, 0.4) is 0 Å². The van der Waals surface area contributed by atoms with Crippen LogP contribution in [0.4, 0.5) is 5.69 Å². The van der Waals surface area contributed by atoms with Gasteiger partial charge < -0.3 is 4.90 Å². The molecule has 27 heavy (non-hydrogen) atoms. The van der Waals surface area contributed by atoms with Gasteiger partial charge in [0.05, 0.1) is 4.90 Å². The smallest absolute Gasteiger partial charge is 0.264 e. The third-order valence-electron chi connectivity index (χ3n) is 5.04. The lowest BCUT2D eigenvalue weighted by molar-refractivity contribution is -0.126. The second-order valence-electron chi connectivity index (χ2n) is 7.89. The fourth-order valence-corrected chi connectivity index (χ4v) is 4.53. The maximum absolute atomic E-state index is 12.4. The van der Waals surface area contributed by atoms with Crippen LogP contribution < -0.4 is 9.62 Å². The first-order valence-corrected chi connectivity index (χ1v) is 11.0. The predicted molar refractivity (Wildman–Crippen MR) is 106 cm³/mol. The van der Waals surface area contributed by atoms with Crippen molar-refractivity contribution in [3.05, 3.63) is 23.8 Å². The van der Waals surface area contributed by atoms with E-state index in [9.17, 15) is 18.0 Å². The Morgan fingerprint density at radius 1 is 1.07 bits per heavy atom. The molecule has 0 aliphatic carbocycles. The van der Waals surface area contributed by atoms with Crippen molar-refractivity contribution < 1.29 is 18.0 Å². The fraction of sp³-hybridized carbons (Fsp3) is 0.600. The number of aryl methyl sites for hydroxylation is 1. The monoisotopic (exact) mass is 394 g/mol. The number of piperidine rings is 1. The van der Waals surface area contributed by atoms with Gasteiger partial charge in [0.1, 0.15) is 5.78 Å². The van der Waals surface area contributed by atoms with Crippen molar-refractivity contribution in [1.82, 2.24) is 4.72 Å². The molecule has 1 aromatic rings. The normalized spacial score (nSPS) is 16.0. The van der Waals surface area contributed by atoms with Crippen molar-refractivity contribution in [3.8, 4) is 0 Å². The number of carbonyl (C=O) groups excluding carboxylic acids is 2. The number of sulfonamides is 1. The Balaban J connectivity index is 2.12. The van der Waals surface area contributed by atoms with Crippen molar-refractivity contribution in [2.75, 3.05) is 18.0 Å². The molecular weight excluding hydrogens is 364 g/mol. The summed E-state index contributed by atoms with van der Waals surface area (Å²) in [6.45, 7) is 10.6. The highest BCUT2D eigenvalue weighted by atomic mass is 32.2. The first-order valence-electron chi connectivity index (χ1n) is 9.49. The SMILES string of the molecule is Cc1cc(S(=O)(=O)NC(=O)C(C)C)ccc1N1CCC(C(=O)C(C)C)CC1. The number of anilines is 1. The van der Waals surface area contributed by atoms with Crippen LogP contribution in [-0.2, 0) is 19.6 Å². The highest BCUT2D eigenvalue weighted by molar-refractivity contribution is 7.90. The molecule has 1 aliphatic rings. The molecule has 1 aromatic carbocycles. The summed E-state index contributed by atoms with van der Waals surface area (Å²) in [5.74, 6) is -0.418. The molecule has 0 saturated carbocycles. The largest absolute Gasteiger partial charge is 0.371 e. The standard InChI is InChI=1S/C20H30N2O4S/c1-13(2)19(23)16-8-10-22(11-9-16)18-7-6-17(12-15(18)5)27(25,26)21-20(24)14(3)4/h6-7,12-14,16H,8-11H2,1-5H3,(H,21,24). The first kappa shape index (κ1) is 21.4. The molecule has 150 valence electrons. The van der Waals surface area contributed by atoms with Crippen molar-refractivity contribution in [1.29, 1.82) is 0 Å². The Bertz CT molecular complexity index is 807. The minimum absolute atomic E-state index is 0.0637. The van der Waals surface area contributed by atoms with E-state index in [0.29, 0.717) is 5.78 Å². The number of carbonyl (C=O) groups is 2. The van der Waals surface area contributed by atoms with E-state index in [1.807, 2.05) is 20.8 Å². The molecule has 1 fully saturated rings. The molecule has 1 heterocycles. The van der Waals surface area contributed by atoms with E-state index in [1.54, 1.807) is 26.0 Å². The maximum atomic E-state index is 12.4. The lowest BCUT2D eigenvalue weighted by Gasteiger charge is -2.34. The summed E-state index contributed by atoms with van der Waals surface area (Å²) in [6.07, 6.45) is 1.64. The molecule has 1 aliphatic heterocycles. The van der Waals surface area contributed by atoms with E-state index >= 15 is 0 Å². The molecule has 0 atom stereocenters. The van der Waals surface area contributed by atoms with E-state index in [4.69, 9.17) is 0 Å². The number of nitrogens with zero attached hydrogens (tertiary/aromatic N) is 1. The summed E-state index contributed by atoms with van der Waals surface area (Å²) in [4.78, 5) is 26.2. The highest BCUT2D eigenvalue weighted by Gasteiger charge is 2.27. The van der Waals surface area contributed by atoms with Gasteiger partial charge >= 0.3 is 0 Å². The molecule has 1 saturated heterocycles. The third-order valence-corrected chi connectivity index (χ3v) is 6.39. The van der Waals surface area contributed by atoms with Crippen molar-refractivity contribution >= 4 is 27.4 Å². The molecule has 7 heteroatoms.